The molecule has 1 aromatic rings. The van der Waals surface area contributed by atoms with Crippen LogP contribution in [0, 0.1) is 17.2 Å². The van der Waals surface area contributed by atoms with Crippen molar-refractivity contribution in [3.05, 3.63) is 29.8 Å². The molecule has 1 saturated carbocycles. The van der Waals surface area contributed by atoms with Crippen LogP contribution in [-0.4, -0.2) is 5.91 Å². The Bertz CT molecular complexity index is 416. The van der Waals surface area contributed by atoms with Crippen LogP contribution in [0.25, 0.3) is 0 Å². The normalized spacial score (nSPS) is 14.3. The highest BCUT2D eigenvalue weighted by Gasteiger charge is 2.24. The maximum Gasteiger partial charge on any atom is 0.224 e. The zero-order valence-electron chi connectivity index (χ0n) is 8.36. The Morgan fingerprint density at radius 2 is 2.33 bits per heavy atom. The highest BCUT2D eigenvalue weighted by molar-refractivity contribution is 5.91. The molecule has 1 N–H and O–H groups in total. The molecule has 0 heterocycles. The summed E-state index contributed by atoms with van der Waals surface area (Å²) in [5.74, 6) is 0.636. The summed E-state index contributed by atoms with van der Waals surface area (Å²) in [5.41, 5.74) is 1.28. The molecule has 0 aromatic heterocycles. The quantitative estimate of drug-likeness (QED) is 0.813. The summed E-state index contributed by atoms with van der Waals surface area (Å²) in [5, 5.41) is 11.5. The van der Waals surface area contributed by atoms with Gasteiger partial charge in [-0.1, -0.05) is 6.07 Å². The van der Waals surface area contributed by atoms with Crippen molar-refractivity contribution in [3.8, 4) is 6.07 Å². The molecule has 0 bridgehead atoms. The van der Waals surface area contributed by atoms with Crippen LogP contribution in [0.5, 0.6) is 0 Å². The van der Waals surface area contributed by atoms with Gasteiger partial charge in [0.1, 0.15) is 0 Å². The number of amides is 1. The fourth-order valence-corrected chi connectivity index (χ4v) is 1.46. The molecular weight excluding hydrogens is 188 g/mol. The van der Waals surface area contributed by atoms with Crippen LogP contribution in [0.4, 0.5) is 5.69 Å². The third-order valence-electron chi connectivity index (χ3n) is 2.45. The van der Waals surface area contributed by atoms with E-state index in [1.165, 1.54) is 12.8 Å². The number of carbonyl (C=O) groups excluding carboxylic acids is 1. The standard InChI is InChI=1S/C12H12N2O/c13-8-10-2-1-3-11(6-10)14-12(15)7-9-4-5-9/h1-3,6,9H,4-5,7H2,(H,14,15). The van der Waals surface area contributed by atoms with Crippen LogP contribution in [-0.2, 0) is 4.79 Å². The number of nitrogens with zero attached hydrogens (tertiary/aromatic N) is 1. The van der Waals surface area contributed by atoms with Gasteiger partial charge in [0.15, 0.2) is 0 Å². The van der Waals surface area contributed by atoms with Gasteiger partial charge in [-0.3, -0.25) is 4.79 Å². The average Bonchev–Trinajstić information content (AvgIpc) is 3.02. The smallest absolute Gasteiger partial charge is 0.224 e. The van der Waals surface area contributed by atoms with Gasteiger partial charge >= 0.3 is 0 Å². The van der Waals surface area contributed by atoms with Gasteiger partial charge in [0.05, 0.1) is 11.6 Å². The van der Waals surface area contributed by atoms with E-state index in [-0.39, 0.29) is 5.91 Å². The molecular formula is C12H12N2O. The summed E-state index contributed by atoms with van der Waals surface area (Å²) >= 11 is 0. The molecule has 76 valence electrons. The molecule has 3 heteroatoms. The monoisotopic (exact) mass is 200 g/mol. The second kappa shape index (κ2) is 4.14. The van der Waals surface area contributed by atoms with Crippen LogP contribution < -0.4 is 5.32 Å². The predicted octanol–water partition coefficient (Wildman–Crippen LogP) is 2.30. The summed E-state index contributed by atoms with van der Waals surface area (Å²) in [4.78, 5) is 11.5. The lowest BCUT2D eigenvalue weighted by Gasteiger charge is -2.04. The zero-order chi connectivity index (χ0) is 10.7. The maximum absolute atomic E-state index is 11.5. The Labute approximate surface area is 88.7 Å². The number of nitriles is 1. The highest BCUT2D eigenvalue weighted by Crippen LogP contribution is 2.32. The molecule has 1 fully saturated rings. The number of hydrogen-bond acceptors (Lipinski definition) is 2. The van der Waals surface area contributed by atoms with Gasteiger partial charge in [-0.05, 0) is 37.0 Å². The molecule has 1 aliphatic rings. The Balaban J connectivity index is 1.97. The molecule has 0 saturated heterocycles. The molecule has 0 atom stereocenters. The molecule has 0 radical (unpaired) electrons. The zero-order valence-corrected chi connectivity index (χ0v) is 8.36. The van der Waals surface area contributed by atoms with E-state index >= 15 is 0 Å². The van der Waals surface area contributed by atoms with Crippen molar-refractivity contribution in [1.82, 2.24) is 0 Å². The van der Waals surface area contributed by atoms with E-state index in [9.17, 15) is 4.79 Å². The van der Waals surface area contributed by atoms with E-state index in [4.69, 9.17) is 5.26 Å². The first-order chi connectivity index (χ1) is 7.28. The minimum atomic E-state index is 0.0487. The third kappa shape index (κ3) is 2.81. The van der Waals surface area contributed by atoms with Crippen LogP contribution in [0.15, 0.2) is 24.3 Å². The van der Waals surface area contributed by atoms with Crippen molar-refractivity contribution in [2.45, 2.75) is 19.3 Å². The molecule has 0 unspecified atom stereocenters. The largest absolute Gasteiger partial charge is 0.326 e. The Kier molecular flexibility index (Phi) is 2.68. The van der Waals surface area contributed by atoms with Gasteiger partial charge in [-0.2, -0.15) is 5.26 Å². The molecule has 1 aliphatic carbocycles. The lowest BCUT2D eigenvalue weighted by atomic mass is 10.2. The minimum Gasteiger partial charge on any atom is -0.326 e. The van der Waals surface area contributed by atoms with E-state index in [1.54, 1.807) is 24.3 Å². The Hall–Kier alpha value is -1.82. The predicted molar refractivity (Wildman–Crippen MR) is 57.1 cm³/mol. The fourth-order valence-electron chi connectivity index (χ4n) is 1.46. The van der Waals surface area contributed by atoms with Crippen LogP contribution >= 0.6 is 0 Å². The molecule has 2 rings (SSSR count). The Morgan fingerprint density at radius 3 is 3.00 bits per heavy atom. The van der Waals surface area contributed by atoms with E-state index in [0.717, 1.165) is 0 Å². The van der Waals surface area contributed by atoms with Crippen molar-refractivity contribution in [1.29, 1.82) is 5.26 Å². The van der Waals surface area contributed by atoms with Crippen molar-refractivity contribution in [3.63, 3.8) is 0 Å². The van der Waals surface area contributed by atoms with Gasteiger partial charge < -0.3 is 5.32 Å². The molecule has 15 heavy (non-hydrogen) atoms. The topological polar surface area (TPSA) is 52.9 Å². The molecule has 1 amide bonds. The van der Waals surface area contributed by atoms with Gasteiger partial charge in [-0.25, -0.2) is 0 Å². The molecule has 0 aliphatic heterocycles. The maximum atomic E-state index is 11.5. The Morgan fingerprint density at radius 1 is 1.53 bits per heavy atom. The number of anilines is 1. The van der Waals surface area contributed by atoms with Gasteiger partial charge in [0.25, 0.3) is 0 Å². The van der Waals surface area contributed by atoms with Crippen LogP contribution in [0.3, 0.4) is 0 Å². The molecule has 3 nitrogen and oxygen atoms in total. The minimum absolute atomic E-state index is 0.0487. The lowest BCUT2D eigenvalue weighted by Crippen LogP contribution is -2.11. The van der Waals surface area contributed by atoms with Gasteiger partial charge in [0.2, 0.25) is 5.91 Å². The summed E-state index contributed by atoms with van der Waals surface area (Å²) in [6, 6.07) is 9.01. The first kappa shape index (κ1) is 9.72. The molecule has 1 aromatic carbocycles. The van der Waals surface area contributed by atoms with Gasteiger partial charge in [-0.15, -0.1) is 0 Å². The van der Waals surface area contributed by atoms with Crippen molar-refractivity contribution in [2.75, 3.05) is 5.32 Å². The number of hydrogen-bond donors (Lipinski definition) is 1. The SMILES string of the molecule is N#Cc1cccc(NC(=O)CC2CC2)c1. The van der Waals surface area contributed by atoms with E-state index in [0.29, 0.717) is 23.6 Å². The van der Waals surface area contributed by atoms with Crippen molar-refractivity contribution >= 4 is 11.6 Å². The second-order valence-electron chi connectivity index (χ2n) is 3.89. The number of benzene rings is 1. The number of nitrogens with one attached hydrogen (secondary N) is 1. The first-order valence-corrected chi connectivity index (χ1v) is 5.08. The van der Waals surface area contributed by atoms with Crippen molar-refractivity contribution < 1.29 is 4.79 Å². The lowest BCUT2D eigenvalue weighted by molar-refractivity contribution is -0.116. The van der Waals surface area contributed by atoms with Crippen molar-refractivity contribution in [2.24, 2.45) is 5.92 Å². The summed E-state index contributed by atoms with van der Waals surface area (Å²) in [6.45, 7) is 0. The number of rotatable bonds is 3. The average molecular weight is 200 g/mol. The number of carbonyl (C=O) groups is 1. The third-order valence-corrected chi connectivity index (χ3v) is 2.45. The van der Waals surface area contributed by atoms with Crippen LogP contribution in [0.1, 0.15) is 24.8 Å². The fraction of sp³-hybridized carbons (Fsp3) is 0.333. The van der Waals surface area contributed by atoms with E-state index < -0.39 is 0 Å². The summed E-state index contributed by atoms with van der Waals surface area (Å²) in [6.07, 6.45) is 2.95. The van der Waals surface area contributed by atoms with Gasteiger partial charge in [0, 0.05) is 12.1 Å². The summed E-state index contributed by atoms with van der Waals surface area (Å²) in [7, 11) is 0. The summed E-state index contributed by atoms with van der Waals surface area (Å²) < 4.78 is 0. The van der Waals surface area contributed by atoms with Crippen LogP contribution in [0.2, 0.25) is 0 Å². The first-order valence-electron chi connectivity index (χ1n) is 5.08. The molecule has 0 spiro atoms. The van der Waals surface area contributed by atoms with E-state index in [2.05, 4.69) is 5.32 Å². The highest BCUT2D eigenvalue weighted by atomic mass is 16.1. The van der Waals surface area contributed by atoms with E-state index in [1.807, 2.05) is 6.07 Å². The second-order valence-corrected chi connectivity index (χ2v) is 3.89.